The Morgan fingerprint density at radius 1 is 0.895 bits per heavy atom. The third-order valence-electron chi connectivity index (χ3n) is 6.11. The van der Waals surface area contributed by atoms with E-state index >= 15 is 0 Å². The Kier molecular flexibility index (Phi) is 7.19. The number of benzene rings is 3. The summed E-state index contributed by atoms with van der Waals surface area (Å²) in [6, 6.07) is 22.3. The van der Waals surface area contributed by atoms with Gasteiger partial charge in [0.2, 0.25) is 5.88 Å². The van der Waals surface area contributed by atoms with Gasteiger partial charge in [0, 0.05) is 29.1 Å². The summed E-state index contributed by atoms with van der Waals surface area (Å²) in [6.07, 6.45) is 2.82. The summed E-state index contributed by atoms with van der Waals surface area (Å²) in [5.41, 5.74) is 1.12. The molecule has 7 nitrogen and oxygen atoms in total. The minimum atomic E-state index is -0.511. The van der Waals surface area contributed by atoms with E-state index < -0.39 is 17.0 Å². The number of aromatic nitrogens is 1. The fourth-order valence-electron chi connectivity index (χ4n) is 4.19. The second-order valence-corrected chi connectivity index (χ2v) is 9.54. The number of fused-ring (bicyclic) bond motifs is 1. The molecule has 2 amide bonds. The Morgan fingerprint density at radius 3 is 2.34 bits per heavy atom. The summed E-state index contributed by atoms with van der Waals surface area (Å²) >= 11 is 0.750. The molecule has 9 heteroatoms. The molecule has 4 aromatic rings. The third kappa shape index (κ3) is 5.01. The summed E-state index contributed by atoms with van der Waals surface area (Å²) in [5.74, 6) is -1.21. The van der Waals surface area contributed by atoms with Gasteiger partial charge in [-0.05, 0) is 35.5 Å². The van der Waals surface area contributed by atoms with Crippen LogP contribution in [0.25, 0.3) is 16.8 Å². The summed E-state index contributed by atoms with van der Waals surface area (Å²) < 4.78 is 15.3. The highest BCUT2D eigenvalue weighted by Gasteiger charge is 2.34. The van der Waals surface area contributed by atoms with Gasteiger partial charge in [-0.25, -0.2) is 4.39 Å². The predicted molar refractivity (Wildman–Crippen MR) is 147 cm³/mol. The Labute approximate surface area is 221 Å². The summed E-state index contributed by atoms with van der Waals surface area (Å²) in [4.78, 5) is 43.8. The first-order chi connectivity index (χ1) is 18.4. The maximum Gasteiger partial charge on any atom is 0.293 e. The molecule has 190 valence electrons. The first-order valence-electron chi connectivity index (χ1n) is 11.8. The van der Waals surface area contributed by atoms with Crippen LogP contribution in [0.15, 0.2) is 93.6 Å². The first kappa shape index (κ1) is 25.2. The van der Waals surface area contributed by atoms with E-state index in [0.717, 1.165) is 22.2 Å². The fraction of sp³-hybridized carbons (Fsp3) is 0.103. The minimum Gasteiger partial charge on any atom is -0.494 e. The van der Waals surface area contributed by atoms with Gasteiger partial charge in [0.15, 0.2) is 0 Å². The van der Waals surface area contributed by atoms with E-state index in [1.807, 2.05) is 30.3 Å². The number of halogens is 1. The van der Waals surface area contributed by atoms with Crippen LogP contribution in [-0.4, -0.2) is 45.0 Å². The number of rotatable bonds is 7. The molecule has 2 heterocycles. The molecule has 38 heavy (non-hydrogen) atoms. The first-order valence-corrected chi connectivity index (χ1v) is 12.6. The zero-order valence-corrected chi connectivity index (χ0v) is 20.9. The van der Waals surface area contributed by atoms with Crippen LogP contribution in [0.2, 0.25) is 0 Å². The number of carbonyl (C=O) groups is 2. The number of nitrogens with zero attached hydrogens (tertiary/aromatic N) is 3. The second-order valence-electron chi connectivity index (χ2n) is 8.55. The highest BCUT2D eigenvalue weighted by atomic mass is 32.2. The molecule has 0 atom stereocenters. The number of carbonyl (C=O) groups excluding carboxylic acids is 2. The quantitative estimate of drug-likeness (QED) is 0.268. The number of thioether (sulfide) groups is 1. The number of hydrogen-bond acceptors (Lipinski definition) is 6. The molecular formula is C29H22FN3O4S. The fourth-order valence-corrected chi connectivity index (χ4v) is 5.05. The van der Waals surface area contributed by atoms with Gasteiger partial charge in [-0.15, -0.1) is 0 Å². The molecule has 1 N–H and O–H groups in total. The van der Waals surface area contributed by atoms with Crippen LogP contribution in [0.5, 0.6) is 5.88 Å². The van der Waals surface area contributed by atoms with Crippen LogP contribution >= 0.6 is 11.8 Å². The van der Waals surface area contributed by atoms with Crippen LogP contribution in [0.1, 0.15) is 16.7 Å². The van der Waals surface area contributed by atoms with Crippen molar-refractivity contribution in [3.8, 4) is 5.88 Å². The van der Waals surface area contributed by atoms with Gasteiger partial charge >= 0.3 is 0 Å². The van der Waals surface area contributed by atoms with Gasteiger partial charge in [-0.2, -0.15) is 0 Å². The van der Waals surface area contributed by atoms with Crippen molar-refractivity contribution >= 4 is 46.0 Å². The largest absolute Gasteiger partial charge is 0.494 e. The topological polar surface area (TPSA) is 92.0 Å². The van der Waals surface area contributed by atoms with Gasteiger partial charge in [-0.3, -0.25) is 28.8 Å². The van der Waals surface area contributed by atoms with Crippen LogP contribution in [0.3, 0.4) is 0 Å². The summed E-state index contributed by atoms with van der Waals surface area (Å²) in [6.45, 7) is 0.275. The van der Waals surface area contributed by atoms with E-state index in [-0.39, 0.29) is 41.5 Å². The molecule has 1 fully saturated rings. The van der Waals surface area contributed by atoms with Crippen molar-refractivity contribution in [1.82, 2.24) is 9.47 Å². The van der Waals surface area contributed by atoms with Crippen molar-refractivity contribution in [3.05, 3.63) is 117 Å². The second kappa shape index (κ2) is 10.9. The number of aromatic hydroxyl groups is 1. The lowest BCUT2D eigenvalue weighted by atomic mass is 10.1. The molecule has 1 aromatic heterocycles. The number of aliphatic imine (C=N–C) groups is 1. The minimum absolute atomic E-state index is 0.0120. The Balaban J connectivity index is 1.37. The Bertz CT molecular complexity index is 1660. The van der Waals surface area contributed by atoms with Crippen molar-refractivity contribution in [2.24, 2.45) is 4.99 Å². The zero-order chi connectivity index (χ0) is 26.6. The third-order valence-corrected chi connectivity index (χ3v) is 7.02. The van der Waals surface area contributed by atoms with Crippen LogP contribution in [-0.2, 0) is 11.3 Å². The van der Waals surface area contributed by atoms with E-state index in [9.17, 15) is 23.9 Å². The lowest BCUT2D eigenvalue weighted by Crippen LogP contribution is -2.30. The SMILES string of the molecule is O=C1SC(=Cc2ccccc2F)C(=O)N1CCN=Cc1c(O)n(Cc2ccccc2)c(=O)c2ccccc12. The van der Waals surface area contributed by atoms with Gasteiger partial charge < -0.3 is 5.11 Å². The predicted octanol–water partition coefficient (Wildman–Crippen LogP) is 5.05. The van der Waals surface area contributed by atoms with Crippen molar-refractivity contribution < 1.29 is 19.1 Å². The zero-order valence-electron chi connectivity index (χ0n) is 20.1. The van der Waals surface area contributed by atoms with Crippen molar-refractivity contribution in [3.63, 3.8) is 0 Å². The average molecular weight is 528 g/mol. The van der Waals surface area contributed by atoms with Crippen LogP contribution < -0.4 is 5.56 Å². The van der Waals surface area contributed by atoms with Crippen LogP contribution in [0, 0.1) is 5.82 Å². The summed E-state index contributed by atoms with van der Waals surface area (Å²) in [5, 5.41) is 11.6. The van der Waals surface area contributed by atoms with E-state index in [1.54, 1.807) is 36.4 Å². The van der Waals surface area contributed by atoms with E-state index in [0.29, 0.717) is 16.3 Å². The van der Waals surface area contributed by atoms with Gasteiger partial charge in [0.1, 0.15) is 5.82 Å². The molecule has 0 aliphatic carbocycles. The number of hydrogen-bond donors (Lipinski definition) is 1. The molecule has 1 saturated heterocycles. The highest BCUT2D eigenvalue weighted by molar-refractivity contribution is 8.18. The molecule has 5 rings (SSSR count). The molecule has 3 aromatic carbocycles. The standard InChI is InChI=1S/C29H22FN3O4S/c30-24-13-7-4-10-20(24)16-25-28(36)32(29(37)38-25)15-14-31-17-23-21-11-5-6-12-22(21)26(34)33(27(23)35)18-19-8-2-1-3-9-19/h1-13,16-17,35H,14-15,18H2. The maximum absolute atomic E-state index is 14.0. The molecule has 0 unspecified atom stereocenters. The van der Waals surface area contributed by atoms with Crippen LogP contribution in [0.4, 0.5) is 9.18 Å². The maximum atomic E-state index is 14.0. The monoisotopic (exact) mass is 527 g/mol. The van der Waals surface area contributed by atoms with Crippen molar-refractivity contribution in [2.45, 2.75) is 6.54 Å². The number of amides is 2. The molecule has 0 radical (unpaired) electrons. The number of pyridine rings is 1. The molecule has 0 spiro atoms. The lowest BCUT2D eigenvalue weighted by molar-refractivity contribution is -0.122. The normalized spacial score (nSPS) is 14.9. The van der Waals surface area contributed by atoms with Gasteiger partial charge in [0.25, 0.3) is 16.7 Å². The Morgan fingerprint density at radius 2 is 1.58 bits per heavy atom. The molecule has 0 bridgehead atoms. The van der Waals surface area contributed by atoms with Gasteiger partial charge in [-0.1, -0.05) is 66.7 Å². The highest BCUT2D eigenvalue weighted by Crippen LogP contribution is 2.32. The molecular weight excluding hydrogens is 505 g/mol. The van der Waals surface area contributed by atoms with Gasteiger partial charge in [0.05, 0.1) is 23.6 Å². The number of imide groups is 1. The smallest absolute Gasteiger partial charge is 0.293 e. The van der Waals surface area contributed by atoms with E-state index in [4.69, 9.17) is 0 Å². The van der Waals surface area contributed by atoms with E-state index in [2.05, 4.69) is 4.99 Å². The van der Waals surface area contributed by atoms with Crippen molar-refractivity contribution in [1.29, 1.82) is 0 Å². The Hall–Kier alpha value is -4.50. The summed E-state index contributed by atoms with van der Waals surface area (Å²) in [7, 11) is 0. The van der Waals surface area contributed by atoms with E-state index in [1.165, 1.54) is 29.0 Å². The van der Waals surface area contributed by atoms with Crippen molar-refractivity contribution in [2.75, 3.05) is 13.1 Å². The molecule has 0 saturated carbocycles. The molecule has 1 aliphatic rings. The lowest BCUT2D eigenvalue weighted by Gasteiger charge is -2.14. The molecule has 1 aliphatic heterocycles. The average Bonchev–Trinajstić information content (AvgIpc) is 3.19.